The second-order valence-corrected chi connectivity index (χ2v) is 4.82. The largest absolute Gasteiger partial charge is 0.307 e. The Labute approximate surface area is 130 Å². The van der Waals surface area contributed by atoms with E-state index in [4.69, 9.17) is 0 Å². The van der Waals surface area contributed by atoms with Gasteiger partial charge in [-0.1, -0.05) is 0 Å². The molecule has 0 atom stereocenters. The molecule has 0 aliphatic carbocycles. The molecule has 0 aliphatic rings. The van der Waals surface area contributed by atoms with Gasteiger partial charge in [0.05, 0.1) is 21.5 Å². The van der Waals surface area contributed by atoms with E-state index >= 15 is 0 Å². The quantitative estimate of drug-likeness (QED) is 0.682. The molecule has 0 saturated heterocycles. The highest BCUT2D eigenvalue weighted by molar-refractivity contribution is 6.06. The lowest BCUT2D eigenvalue weighted by atomic mass is 10.0. The predicted molar refractivity (Wildman–Crippen MR) is 81.4 cm³/mol. The highest BCUT2D eigenvalue weighted by Crippen LogP contribution is 2.28. The summed E-state index contributed by atoms with van der Waals surface area (Å²) >= 11 is 0. The molecule has 2 aromatic rings. The Morgan fingerprint density at radius 2 is 1.83 bits per heavy atom. The number of hydrogen-bond donors (Lipinski definition) is 1. The summed E-state index contributed by atoms with van der Waals surface area (Å²) in [5.41, 5.74) is -0.247. The SMILES string of the molecule is Cc1ccnc(NC(=O)c2cc([N+](=O)[O-])cc([N+](=O)[O-])c2C)c1. The first-order valence-electron chi connectivity index (χ1n) is 6.47. The van der Waals surface area contributed by atoms with Crippen molar-refractivity contribution in [2.75, 3.05) is 5.32 Å². The summed E-state index contributed by atoms with van der Waals surface area (Å²) in [5, 5.41) is 24.4. The van der Waals surface area contributed by atoms with Gasteiger partial charge >= 0.3 is 0 Å². The van der Waals surface area contributed by atoms with Crippen LogP contribution in [0.25, 0.3) is 0 Å². The van der Waals surface area contributed by atoms with E-state index in [1.54, 1.807) is 19.1 Å². The van der Waals surface area contributed by atoms with Crippen LogP contribution in [-0.2, 0) is 0 Å². The van der Waals surface area contributed by atoms with Crippen molar-refractivity contribution in [2.45, 2.75) is 13.8 Å². The molecule has 0 fully saturated rings. The fraction of sp³-hybridized carbons (Fsp3) is 0.143. The third-order valence-electron chi connectivity index (χ3n) is 3.17. The van der Waals surface area contributed by atoms with Gasteiger partial charge in [0.2, 0.25) is 0 Å². The molecule has 1 amide bonds. The van der Waals surface area contributed by atoms with Crippen molar-refractivity contribution >= 4 is 23.1 Å². The van der Waals surface area contributed by atoms with Gasteiger partial charge in [-0.15, -0.1) is 0 Å². The summed E-state index contributed by atoms with van der Waals surface area (Å²) in [5.74, 6) is -0.448. The summed E-state index contributed by atoms with van der Waals surface area (Å²) in [6.07, 6.45) is 1.49. The number of aryl methyl sites for hydroxylation is 1. The van der Waals surface area contributed by atoms with Crippen LogP contribution in [0, 0.1) is 34.1 Å². The van der Waals surface area contributed by atoms with Crippen LogP contribution >= 0.6 is 0 Å². The van der Waals surface area contributed by atoms with Gasteiger partial charge < -0.3 is 5.32 Å². The number of carbonyl (C=O) groups is 1. The lowest BCUT2D eigenvalue weighted by Gasteiger charge is -2.08. The monoisotopic (exact) mass is 316 g/mol. The Morgan fingerprint density at radius 3 is 2.39 bits per heavy atom. The normalized spacial score (nSPS) is 10.2. The van der Waals surface area contributed by atoms with Gasteiger partial charge in [-0.3, -0.25) is 25.0 Å². The molecule has 1 aromatic carbocycles. The first-order valence-corrected chi connectivity index (χ1v) is 6.47. The zero-order chi connectivity index (χ0) is 17.1. The van der Waals surface area contributed by atoms with E-state index < -0.39 is 27.1 Å². The van der Waals surface area contributed by atoms with Gasteiger partial charge in [-0.2, -0.15) is 0 Å². The smallest absolute Gasteiger partial charge is 0.279 e. The average molecular weight is 316 g/mol. The standard InChI is InChI=1S/C14H12N4O5/c1-8-3-4-15-13(5-8)16-14(19)11-6-10(17(20)21)7-12(9(11)2)18(22)23/h3-7H,1-2H3,(H,15,16,19). The average Bonchev–Trinajstić information content (AvgIpc) is 2.46. The van der Waals surface area contributed by atoms with E-state index in [2.05, 4.69) is 10.3 Å². The Bertz CT molecular complexity index is 819. The molecule has 2 rings (SSSR count). The number of rotatable bonds is 4. The van der Waals surface area contributed by atoms with E-state index in [0.29, 0.717) is 0 Å². The third kappa shape index (κ3) is 3.46. The van der Waals surface area contributed by atoms with Crippen LogP contribution in [0.1, 0.15) is 21.5 Å². The van der Waals surface area contributed by atoms with Crippen LogP contribution in [0.2, 0.25) is 0 Å². The van der Waals surface area contributed by atoms with Gasteiger partial charge in [0.15, 0.2) is 0 Å². The number of non-ortho nitro benzene ring substituents is 1. The molecule has 1 heterocycles. The van der Waals surface area contributed by atoms with Gasteiger partial charge in [-0.25, -0.2) is 4.98 Å². The number of nitrogens with zero attached hydrogens (tertiary/aromatic N) is 3. The van der Waals surface area contributed by atoms with E-state index in [9.17, 15) is 25.0 Å². The number of aromatic nitrogens is 1. The first kappa shape index (κ1) is 16.0. The van der Waals surface area contributed by atoms with Crippen LogP contribution in [0.4, 0.5) is 17.2 Å². The second kappa shape index (κ2) is 6.18. The lowest BCUT2D eigenvalue weighted by molar-refractivity contribution is -0.394. The molecule has 23 heavy (non-hydrogen) atoms. The maximum atomic E-state index is 12.3. The van der Waals surface area contributed by atoms with Crippen molar-refractivity contribution in [3.63, 3.8) is 0 Å². The van der Waals surface area contributed by atoms with E-state index in [1.165, 1.54) is 13.1 Å². The molecule has 118 valence electrons. The number of nitro benzene ring substituents is 2. The summed E-state index contributed by atoms with van der Waals surface area (Å²) in [4.78, 5) is 36.6. The minimum atomic E-state index is -0.784. The second-order valence-electron chi connectivity index (χ2n) is 4.82. The van der Waals surface area contributed by atoms with Crippen molar-refractivity contribution in [3.8, 4) is 0 Å². The third-order valence-corrected chi connectivity index (χ3v) is 3.17. The maximum Gasteiger partial charge on any atom is 0.279 e. The molecule has 0 bridgehead atoms. The first-order chi connectivity index (χ1) is 10.8. The minimum Gasteiger partial charge on any atom is -0.307 e. The zero-order valence-electron chi connectivity index (χ0n) is 12.3. The van der Waals surface area contributed by atoms with Gasteiger partial charge in [-0.05, 0) is 31.5 Å². The number of benzene rings is 1. The highest BCUT2D eigenvalue weighted by atomic mass is 16.6. The van der Waals surface area contributed by atoms with Crippen molar-refractivity contribution in [3.05, 3.63) is 67.4 Å². The van der Waals surface area contributed by atoms with Gasteiger partial charge in [0, 0.05) is 17.8 Å². The van der Waals surface area contributed by atoms with E-state index in [0.717, 1.165) is 17.7 Å². The highest BCUT2D eigenvalue weighted by Gasteiger charge is 2.24. The molecule has 0 radical (unpaired) electrons. The van der Waals surface area contributed by atoms with Crippen molar-refractivity contribution < 1.29 is 14.6 Å². The van der Waals surface area contributed by atoms with Gasteiger partial charge in [0.25, 0.3) is 17.3 Å². The fourth-order valence-corrected chi connectivity index (χ4v) is 2.00. The van der Waals surface area contributed by atoms with Crippen molar-refractivity contribution in [1.82, 2.24) is 4.98 Å². The molecule has 0 saturated carbocycles. The minimum absolute atomic E-state index is 0.0470. The van der Waals surface area contributed by atoms with Crippen LogP contribution in [0.3, 0.4) is 0 Å². The van der Waals surface area contributed by atoms with E-state index in [1.807, 2.05) is 0 Å². The summed E-state index contributed by atoms with van der Waals surface area (Å²) in [7, 11) is 0. The number of amides is 1. The van der Waals surface area contributed by atoms with Gasteiger partial charge in [0.1, 0.15) is 5.82 Å². The number of nitrogens with one attached hydrogen (secondary N) is 1. The molecule has 0 aliphatic heterocycles. The Balaban J connectivity index is 2.46. The topological polar surface area (TPSA) is 128 Å². The fourth-order valence-electron chi connectivity index (χ4n) is 2.00. The Morgan fingerprint density at radius 1 is 1.13 bits per heavy atom. The number of carbonyl (C=O) groups excluding carboxylic acids is 1. The number of hydrogen-bond acceptors (Lipinski definition) is 6. The molecule has 9 nitrogen and oxygen atoms in total. The Hall–Kier alpha value is -3.36. The van der Waals surface area contributed by atoms with Crippen LogP contribution in [0.5, 0.6) is 0 Å². The molecule has 0 unspecified atom stereocenters. The zero-order valence-corrected chi connectivity index (χ0v) is 12.3. The predicted octanol–water partition coefficient (Wildman–Crippen LogP) is 2.77. The molecular weight excluding hydrogens is 304 g/mol. The number of pyridine rings is 1. The molecule has 0 spiro atoms. The van der Waals surface area contributed by atoms with Crippen LogP contribution < -0.4 is 5.32 Å². The number of nitro groups is 2. The number of anilines is 1. The lowest BCUT2D eigenvalue weighted by Crippen LogP contribution is -2.15. The van der Waals surface area contributed by atoms with E-state index in [-0.39, 0.29) is 16.9 Å². The van der Waals surface area contributed by atoms with Crippen molar-refractivity contribution in [1.29, 1.82) is 0 Å². The molecule has 1 aromatic heterocycles. The Kier molecular flexibility index (Phi) is 4.30. The molecular formula is C14H12N4O5. The van der Waals surface area contributed by atoms with Crippen LogP contribution in [0.15, 0.2) is 30.5 Å². The molecule has 9 heteroatoms. The summed E-state index contributed by atoms with van der Waals surface area (Å²) in [6.45, 7) is 3.17. The summed E-state index contributed by atoms with van der Waals surface area (Å²) in [6, 6.07) is 5.18. The maximum absolute atomic E-state index is 12.3. The summed E-state index contributed by atoms with van der Waals surface area (Å²) < 4.78 is 0. The van der Waals surface area contributed by atoms with Crippen LogP contribution in [-0.4, -0.2) is 20.7 Å². The van der Waals surface area contributed by atoms with Crippen molar-refractivity contribution in [2.24, 2.45) is 0 Å². The molecule has 1 N–H and O–H groups in total.